The van der Waals surface area contributed by atoms with Crippen LogP contribution in [-0.4, -0.2) is 11.3 Å². The molecule has 1 aromatic carbocycles. The molecule has 0 radical (unpaired) electrons. The highest BCUT2D eigenvalue weighted by Gasteiger charge is 2.54. The summed E-state index contributed by atoms with van der Waals surface area (Å²) in [5.41, 5.74) is -3.40. The Kier molecular flexibility index (Phi) is 3.01. The molecule has 0 heterocycles. The van der Waals surface area contributed by atoms with Gasteiger partial charge in [-0.25, -0.2) is 0 Å². The summed E-state index contributed by atoms with van der Waals surface area (Å²) in [6, 6.07) is 7.92. The van der Waals surface area contributed by atoms with Crippen molar-refractivity contribution in [1.82, 2.24) is 0 Å². The molecule has 0 aromatic heterocycles. The van der Waals surface area contributed by atoms with E-state index in [9.17, 15) is 18.3 Å². The molecule has 1 N–H and O–H groups in total. The normalized spacial score (nSPS) is 15.4. The van der Waals surface area contributed by atoms with E-state index < -0.39 is 18.2 Å². The Morgan fingerprint density at radius 1 is 1.20 bits per heavy atom. The molecule has 80 valence electrons. The largest absolute Gasteiger partial charge is 0.422 e. The standard InChI is InChI=1S/C10H8F3NO/c11-10(12,13)9(15,6-7-14)8-4-2-1-3-5-8/h1-5,15H,6H2. The lowest BCUT2D eigenvalue weighted by Crippen LogP contribution is -2.41. The van der Waals surface area contributed by atoms with E-state index in [1.807, 2.05) is 0 Å². The van der Waals surface area contributed by atoms with Gasteiger partial charge in [-0.05, 0) is 5.56 Å². The minimum Gasteiger partial charge on any atom is -0.375 e. The highest BCUT2D eigenvalue weighted by atomic mass is 19.4. The van der Waals surface area contributed by atoms with Crippen LogP contribution >= 0.6 is 0 Å². The first-order valence-corrected chi connectivity index (χ1v) is 4.13. The molecule has 1 unspecified atom stereocenters. The maximum absolute atomic E-state index is 12.6. The number of alkyl halides is 3. The summed E-state index contributed by atoms with van der Waals surface area (Å²) in [7, 11) is 0. The van der Waals surface area contributed by atoms with Crippen molar-refractivity contribution in [1.29, 1.82) is 5.26 Å². The molecule has 0 aliphatic carbocycles. The summed E-state index contributed by atoms with van der Waals surface area (Å²) >= 11 is 0. The third kappa shape index (κ3) is 2.10. The van der Waals surface area contributed by atoms with Crippen LogP contribution < -0.4 is 0 Å². The van der Waals surface area contributed by atoms with Crippen LogP contribution in [-0.2, 0) is 5.60 Å². The number of halogens is 3. The zero-order chi connectivity index (χ0) is 11.5. The van der Waals surface area contributed by atoms with Gasteiger partial charge in [0.25, 0.3) is 0 Å². The average Bonchev–Trinajstić information content (AvgIpc) is 2.18. The summed E-state index contributed by atoms with van der Waals surface area (Å²) in [6.07, 6.45) is -5.87. The molecule has 1 aromatic rings. The number of hydrogen-bond acceptors (Lipinski definition) is 2. The Bertz CT molecular complexity index is 368. The molecule has 15 heavy (non-hydrogen) atoms. The summed E-state index contributed by atoms with van der Waals surface area (Å²) < 4.78 is 37.7. The number of aliphatic hydroxyl groups is 1. The van der Waals surface area contributed by atoms with Crippen LogP contribution in [0.2, 0.25) is 0 Å². The van der Waals surface area contributed by atoms with Crippen molar-refractivity contribution in [3.63, 3.8) is 0 Å². The molecule has 2 nitrogen and oxygen atoms in total. The van der Waals surface area contributed by atoms with Crippen molar-refractivity contribution >= 4 is 0 Å². The van der Waals surface area contributed by atoms with E-state index in [-0.39, 0.29) is 5.56 Å². The van der Waals surface area contributed by atoms with Gasteiger partial charge in [-0.15, -0.1) is 0 Å². The van der Waals surface area contributed by atoms with Crippen molar-refractivity contribution in [2.75, 3.05) is 0 Å². The van der Waals surface area contributed by atoms with Crippen LogP contribution in [0.4, 0.5) is 13.2 Å². The maximum Gasteiger partial charge on any atom is 0.422 e. The van der Waals surface area contributed by atoms with Crippen LogP contribution in [0.3, 0.4) is 0 Å². The van der Waals surface area contributed by atoms with Gasteiger partial charge in [-0.1, -0.05) is 30.3 Å². The van der Waals surface area contributed by atoms with Crippen LogP contribution in [0.1, 0.15) is 12.0 Å². The highest BCUT2D eigenvalue weighted by molar-refractivity contribution is 5.25. The third-order valence-electron chi connectivity index (χ3n) is 2.06. The highest BCUT2D eigenvalue weighted by Crippen LogP contribution is 2.41. The van der Waals surface area contributed by atoms with E-state index in [0.29, 0.717) is 0 Å². The van der Waals surface area contributed by atoms with Gasteiger partial charge < -0.3 is 5.11 Å². The second-order valence-electron chi connectivity index (χ2n) is 3.06. The van der Waals surface area contributed by atoms with Gasteiger partial charge in [0.2, 0.25) is 0 Å². The SMILES string of the molecule is N#CCC(O)(c1ccccc1)C(F)(F)F. The lowest BCUT2D eigenvalue weighted by molar-refractivity contribution is -0.264. The predicted molar refractivity (Wildman–Crippen MR) is 46.6 cm³/mol. The number of hydrogen-bond donors (Lipinski definition) is 1. The van der Waals surface area contributed by atoms with E-state index in [2.05, 4.69) is 0 Å². The molecule has 0 spiro atoms. The Balaban J connectivity index is 3.20. The van der Waals surface area contributed by atoms with Gasteiger partial charge in [0.15, 0.2) is 5.60 Å². The Morgan fingerprint density at radius 3 is 2.13 bits per heavy atom. The zero-order valence-corrected chi connectivity index (χ0v) is 7.62. The maximum atomic E-state index is 12.6. The molecule has 0 saturated carbocycles. The molecule has 0 amide bonds. The smallest absolute Gasteiger partial charge is 0.375 e. The number of nitrogens with zero attached hydrogens (tertiary/aromatic N) is 1. The van der Waals surface area contributed by atoms with Crippen LogP contribution in [0.25, 0.3) is 0 Å². The number of nitriles is 1. The number of rotatable bonds is 2. The summed E-state index contributed by atoms with van der Waals surface area (Å²) in [4.78, 5) is 0. The Hall–Kier alpha value is -1.54. The van der Waals surface area contributed by atoms with Gasteiger partial charge in [-0.3, -0.25) is 0 Å². The fourth-order valence-electron chi connectivity index (χ4n) is 1.19. The van der Waals surface area contributed by atoms with Crippen LogP contribution in [0, 0.1) is 11.3 Å². The van der Waals surface area contributed by atoms with Crippen molar-refractivity contribution in [2.24, 2.45) is 0 Å². The second-order valence-corrected chi connectivity index (χ2v) is 3.06. The molecule has 0 fully saturated rings. The lowest BCUT2D eigenvalue weighted by atomic mass is 9.90. The molecule has 0 aliphatic heterocycles. The fraction of sp³-hybridized carbons (Fsp3) is 0.300. The van der Waals surface area contributed by atoms with E-state index in [0.717, 1.165) is 12.1 Å². The van der Waals surface area contributed by atoms with Gasteiger partial charge >= 0.3 is 6.18 Å². The topological polar surface area (TPSA) is 44.0 Å². The first-order chi connectivity index (χ1) is 6.92. The van der Waals surface area contributed by atoms with E-state index in [1.165, 1.54) is 24.3 Å². The minimum atomic E-state index is -4.86. The monoisotopic (exact) mass is 215 g/mol. The van der Waals surface area contributed by atoms with Gasteiger partial charge in [-0.2, -0.15) is 18.4 Å². The second kappa shape index (κ2) is 3.91. The molecule has 0 bridgehead atoms. The van der Waals surface area contributed by atoms with Gasteiger partial charge in [0.1, 0.15) is 0 Å². The van der Waals surface area contributed by atoms with Gasteiger partial charge in [0, 0.05) is 0 Å². The van der Waals surface area contributed by atoms with Crippen molar-refractivity contribution in [3.05, 3.63) is 35.9 Å². The molecule has 0 aliphatic rings. The molecule has 1 rings (SSSR count). The van der Waals surface area contributed by atoms with Gasteiger partial charge in [0.05, 0.1) is 12.5 Å². The van der Waals surface area contributed by atoms with Crippen molar-refractivity contribution in [3.8, 4) is 6.07 Å². The molecule has 0 saturated heterocycles. The zero-order valence-electron chi connectivity index (χ0n) is 7.62. The summed E-state index contributed by atoms with van der Waals surface area (Å²) in [6.45, 7) is 0. The third-order valence-corrected chi connectivity index (χ3v) is 2.06. The van der Waals surface area contributed by atoms with Crippen molar-refractivity contribution < 1.29 is 18.3 Å². The van der Waals surface area contributed by atoms with Crippen molar-refractivity contribution in [2.45, 2.75) is 18.2 Å². The van der Waals surface area contributed by atoms with Crippen LogP contribution in [0.5, 0.6) is 0 Å². The Morgan fingerprint density at radius 2 is 1.73 bits per heavy atom. The summed E-state index contributed by atoms with van der Waals surface area (Å²) in [5.74, 6) is 0. The van der Waals surface area contributed by atoms with E-state index >= 15 is 0 Å². The molecular weight excluding hydrogens is 207 g/mol. The molecular formula is C10H8F3NO. The van der Waals surface area contributed by atoms with E-state index in [1.54, 1.807) is 0 Å². The first kappa shape index (κ1) is 11.5. The Labute approximate surface area is 84.6 Å². The fourth-order valence-corrected chi connectivity index (χ4v) is 1.19. The lowest BCUT2D eigenvalue weighted by Gasteiger charge is -2.28. The van der Waals surface area contributed by atoms with E-state index in [4.69, 9.17) is 5.26 Å². The quantitative estimate of drug-likeness (QED) is 0.822. The minimum absolute atomic E-state index is 0.320. The first-order valence-electron chi connectivity index (χ1n) is 4.13. The average molecular weight is 215 g/mol. The van der Waals surface area contributed by atoms with Crippen LogP contribution in [0.15, 0.2) is 30.3 Å². The number of benzene rings is 1. The summed E-state index contributed by atoms with van der Waals surface area (Å²) in [5, 5.41) is 17.8. The molecule has 1 atom stereocenters. The molecule has 5 heteroatoms. The predicted octanol–water partition coefficient (Wildman–Crippen LogP) is 2.35.